The molecule has 0 aliphatic carbocycles. The van der Waals surface area contributed by atoms with Gasteiger partial charge in [0.25, 0.3) is 0 Å². The van der Waals surface area contributed by atoms with Gasteiger partial charge in [-0.1, -0.05) is 0 Å². The summed E-state index contributed by atoms with van der Waals surface area (Å²) in [4.78, 5) is 0. The Bertz CT molecular complexity index is 685. The number of hydrogen-bond acceptors (Lipinski definition) is 14. The second-order valence-electron chi connectivity index (χ2n) is 14.9. The summed E-state index contributed by atoms with van der Waals surface area (Å²) in [5, 5.41) is 0. The molecule has 0 aromatic heterocycles. The van der Waals surface area contributed by atoms with Crippen LogP contribution in [0.1, 0.15) is 96.9 Å². The fraction of sp³-hybridized carbons (Fsp3) is 1.00. The molecule has 56 heavy (non-hydrogen) atoms. The van der Waals surface area contributed by atoms with Gasteiger partial charge in [0.15, 0.2) is 0 Å². The fourth-order valence-electron chi connectivity index (χ4n) is 4.61. The molecular weight excluding hydrogens is 728 g/mol. The van der Waals surface area contributed by atoms with E-state index in [4.69, 9.17) is 66.3 Å². The van der Waals surface area contributed by atoms with Crippen LogP contribution in [0.2, 0.25) is 0 Å². The highest BCUT2D eigenvalue weighted by molar-refractivity contribution is 4.60. The standard InChI is InChI=1S/2C21H44O7/c2*1-9-23-17(3)11-25-19(5)13-27-21(7)15-28-20(6)14-26-18(4)12-24-16(2)10-22-8/h2*16-21H,9-15H2,1-8H3. The molecule has 0 N–H and O–H groups in total. The molecule has 0 saturated heterocycles. The van der Waals surface area contributed by atoms with Crippen LogP contribution in [0.15, 0.2) is 0 Å². The van der Waals surface area contributed by atoms with E-state index in [0.717, 1.165) is 0 Å². The lowest BCUT2D eigenvalue weighted by Gasteiger charge is -2.22. The molecule has 0 aliphatic rings. The fourth-order valence-corrected chi connectivity index (χ4v) is 4.61. The van der Waals surface area contributed by atoms with E-state index in [0.29, 0.717) is 92.5 Å². The van der Waals surface area contributed by atoms with Crippen molar-refractivity contribution >= 4 is 0 Å². The van der Waals surface area contributed by atoms with E-state index in [-0.39, 0.29) is 73.2 Å². The second kappa shape index (κ2) is 38.6. The average molecular weight is 817 g/mol. The summed E-state index contributed by atoms with van der Waals surface area (Å²) in [7, 11) is 3.33. The molecule has 0 amide bonds. The highest BCUT2D eigenvalue weighted by atomic mass is 16.6. The molecule has 0 fully saturated rings. The quantitative estimate of drug-likeness (QED) is 0.0705. The third kappa shape index (κ3) is 38.9. The maximum absolute atomic E-state index is 5.81. The molecule has 12 unspecified atom stereocenters. The lowest BCUT2D eigenvalue weighted by Crippen LogP contribution is -2.29. The van der Waals surface area contributed by atoms with Gasteiger partial charge in [-0.05, 0) is 96.9 Å². The van der Waals surface area contributed by atoms with Crippen molar-refractivity contribution in [3.63, 3.8) is 0 Å². The Hall–Kier alpha value is -0.560. The van der Waals surface area contributed by atoms with E-state index >= 15 is 0 Å². The van der Waals surface area contributed by atoms with Gasteiger partial charge in [-0.2, -0.15) is 0 Å². The van der Waals surface area contributed by atoms with Crippen molar-refractivity contribution in [1.29, 1.82) is 0 Å². The molecule has 0 heterocycles. The van der Waals surface area contributed by atoms with E-state index in [2.05, 4.69) is 0 Å². The van der Waals surface area contributed by atoms with Gasteiger partial charge in [0.2, 0.25) is 0 Å². The lowest BCUT2D eigenvalue weighted by molar-refractivity contribution is -0.103. The van der Waals surface area contributed by atoms with Crippen molar-refractivity contribution in [1.82, 2.24) is 0 Å². The Labute approximate surface area is 342 Å². The summed E-state index contributed by atoms with van der Waals surface area (Å²) in [6.07, 6.45) is 0.369. The van der Waals surface area contributed by atoms with Crippen molar-refractivity contribution in [2.24, 2.45) is 0 Å². The van der Waals surface area contributed by atoms with Crippen molar-refractivity contribution in [2.75, 3.05) is 107 Å². The highest BCUT2D eigenvalue weighted by Crippen LogP contribution is 2.06. The van der Waals surface area contributed by atoms with Gasteiger partial charge >= 0.3 is 0 Å². The number of ether oxygens (including phenoxy) is 14. The summed E-state index contributed by atoms with van der Waals surface area (Å²) in [5.74, 6) is 0. The zero-order valence-corrected chi connectivity index (χ0v) is 38.5. The predicted octanol–water partition coefficient (Wildman–Crippen LogP) is 6.17. The largest absolute Gasteiger partial charge is 0.382 e. The maximum atomic E-state index is 5.81. The Morgan fingerprint density at radius 1 is 0.214 bits per heavy atom. The zero-order chi connectivity index (χ0) is 42.7. The van der Waals surface area contributed by atoms with Crippen LogP contribution >= 0.6 is 0 Å². The van der Waals surface area contributed by atoms with Crippen LogP contribution in [-0.4, -0.2) is 180 Å². The molecule has 0 aromatic carbocycles. The summed E-state index contributed by atoms with van der Waals surface area (Å²) in [6, 6.07) is 0. The van der Waals surface area contributed by atoms with Crippen LogP contribution in [0.4, 0.5) is 0 Å². The molecule has 12 atom stereocenters. The highest BCUT2D eigenvalue weighted by Gasteiger charge is 2.15. The van der Waals surface area contributed by atoms with Crippen LogP contribution in [0.5, 0.6) is 0 Å². The molecule has 340 valence electrons. The van der Waals surface area contributed by atoms with Crippen LogP contribution in [0.3, 0.4) is 0 Å². The monoisotopic (exact) mass is 817 g/mol. The van der Waals surface area contributed by atoms with Crippen LogP contribution in [0, 0.1) is 0 Å². The number of hydrogen-bond donors (Lipinski definition) is 0. The maximum Gasteiger partial charge on any atom is 0.0781 e. The molecule has 14 heteroatoms. The van der Waals surface area contributed by atoms with Crippen molar-refractivity contribution in [3.05, 3.63) is 0 Å². The lowest BCUT2D eigenvalue weighted by atomic mass is 10.3. The Balaban J connectivity index is 0. The van der Waals surface area contributed by atoms with Gasteiger partial charge in [-0.25, -0.2) is 0 Å². The predicted molar refractivity (Wildman–Crippen MR) is 220 cm³/mol. The minimum atomic E-state index is -0.00869. The van der Waals surface area contributed by atoms with Gasteiger partial charge in [-0.3, -0.25) is 0 Å². The Morgan fingerprint density at radius 2 is 0.339 bits per heavy atom. The first-order chi connectivity index (χ1) is 26.6. The average Bonchev–Trinajstić information content (AvgIpc) is 3.16. The first-order valence-electron chi connectivity index (χ1n) is 20.9. The molecule has 0 rings (SSSR count). The third-order valence-electron chi connectivity index (χ3n) is 7.86. The smallest absolute Gasteiger partial charge is 0.0781 e. The van der Waals surface area contributed by atoms with Gasteiger partial charge in [0, 0.05) is 27.4 Å². The zero-order valence-electron chi connectivity index (χ0n) is 38.5. The first-order valence-corrected chi connectivity index (χ1v) is 20.9. The second-order valence-corrected chi connectivity index (χ2v) is 14.9. The molecule has 0 aliphatic heterocycles. The van der Waals surface area contributed by atoms with E-state index in [1.54, 1.807) is 14.2 Å². The van der Waals surface area contributed by atoms with Gasteiger partial charge < -0.3 is 66.3 Å². The SMILES string of the molecule is CCOC(C)COC(C)COC(C)COC(C)COC(C)COC(C)COC.CCOC(C)COC(C)COC(C)COC(C)COC(C)COC(C)COC. The van der Waals surface area contributed by atoms with Gasteiger partial charge in [0.05, 0.1) is 153 Å². The van der Waals surface area contributed by atoms with Crippen LogP contribution in [0.25, 0.3) is 0 Å². The number of rotatable bonds is 38. The topological polar surface area (TPSA) is 129 Å². The minimum Gasteiger partial charge on any atom is -0.382 e. The number of methoxy groups -OCH3 is 2. The van der Waals surface area contributed by atoms with Gasteiger partial charge in [-0.15, -0.1) is 0 Å². The molecule has 14 nitrogen and oxygen atoms in total. The van der Waals surface area contributed by atoms with Crippen molar-refractivity contribution in [2.45, 2.75) is 170 Å². The molecule has 0 spiro atoms. The summed E-state index contributed by atoms with van der Waals surface area (Å²) >= 11 is 0. The Morgan fingerprint density at radius 3 is 0.464 bits per heavy atom. The molecule has 0 saturated carbocycles. The van der Waals surface area contributed by atoms with E-state index in [1.807, 2.05) is 96.9 Å². The van der Waals surface area contributed by atoms with Gasteiger partial charge in [0.1, 0.15) is 0 Å². The van der Waals surface area contributed by atoms with Crippen LogP contribution in [-0.2, 0) is 66.3 Å². The molecule has 0 radical (unpaired) electrons. The van der Waals surface area contributed by atoms with Crippen LogP contribution < -0.4 is 0 Å². The normalized spacial score (nSPS) is 18.4. The summed E-state index contributed by atoms with van der Waals surface area (Å²) < 4.78 is 78.5. The molecule has 0 aromatic rings. The summed E-state index contributed by atoms with van der Waals surface area (Å²) in [5.41, 5.74) is 0. The van der Waals surface area contributed by atoms with E-state index in [9.17, 15) is 0 Å². The first kappa shape index (κ1) is 57.5. The van der Waals surface area contributed by atoms with Crippen molar-refractivity contribution in [3.8, 4) is 0 Å². The van der Waals surface area contributed by atoms with Crippen molar-refractivity contribution < 1.29 is 66.3 Å². The third-order valence-corrected chi connectivity index (χ3v) is 7.86. The molecular formula is C42H88O14. The minimum absolute atomic E-state index is 0.00605. The molecule has 0 bridgehead atoms. The van der Waals surface area contributed by atoms with E-state index < -0.39 is 0 Å². The van der Waals surface area contributed by atoms with E-state index in [1.165, 1.54) is 0 Å². The summed E-state index contributed by atoms with van der Waals surface area (Å²) in [6.45, 7) is 35.8. The Kier molecular flexibility index (Phi) is 39.7.